The van der Waals surface area contributed by atoms with Gasteiger partial charge < -0.3 is 18.6 Å². The van der Waals surface area contributed by atoms with E-state index in [4.69, 9.17) is 18.6 Å². The van der Waals surface area contributed by atoms with E-state index in [0.717, 1.165) is 0 Å². The number of ketones is 2. The number of aryl methyl sites for hydroxylation is 1. The van der Waals surface area contributed by atoms with Crippen LogP contribution < -0.4 is 0 Å². The van der Waals surface area contributed by atoms with Crippen LogP contribution in [0.15, 0.2) is 15.6 Å². The first-order chi connectivity index (χ1) is 15.1. The minimum atomic E-state index is -0.997. The molecule has 2 heterocycles. The number of hydrogen-bond donors (Lipinski definition) is 0. The van der Waals surface area contributed by atoms with E-state index < -0.39 is 35.0 Å². The molecule has 0 unspecified atom stereocenters. The van der Waals surface area contributed by atoms with Gasteiger partial charge >= 0.3 is 11.9 Å². The standard InChI is InChI=1S/C24H26O8/c1-10-16-19-21(30-10)20(27)17-12-6-7-14(26)23(12,3)8-13(31-11(2)25)18(17)24(19,4)15(9-29-5)32-22(16)28/h12-13,15H,6-9H2,1-5H3/t12-,13+,15+,23-,24+/m0/s1. The topological polar surface area (TPSA) is 109 Å². The maximum absolute atomic E-state index is 13.9. The molecule has 0 saturated heterocycles. The second-order valence-corrected chi connectivity index (χ2v) is 9.68. The third-order valence-electron chi connectivity index (χ3n) is 7.97. The van der Waals surface area contributed by atoms with Crippen LogP contribution in [-0.2, 0) is 29.2 Å². The van der Waals surface area contributed by atoms with Crippen LogP contribution >= 0.6 is 0 Å². The first kappa shape index (κ1) is 21.1. The lowest BCUT2D eigenvalue weighted by Gasteiger charge is -2.51. The van der Waals surface area contributed by atoms with Crippen LogP contribution in [-0.4, -0.2) is 49.4 Å². The maximum Gasteiger partial charge on any atom is 0.342 e. The Balaban J connectivity index is 1.84. The van der Waals surface area contributed by atoms with Gasteiger partial charge in [-0.1, -0.05) is 6.92 Å². The van der Waals surface area contributed by atoms with E-state index in [-0.39, 0.29) is 41.8 Å². The molecule has 8 heteroatoms. The highest BCUT2D eigenvalue weighted by Crippen LogP contribution is 2.61. The van der Waals surface area contributed by atoms with Crippen LogP contribution in [0.4, 0.5) is 0 Å². The second-order valence-electron chi connectivity index (χ2n) is 9.68. The number of hydrogen-bond acceptors (Lipinski definition) is 8. The number of allylic oxidation sites excluding steroid dienone is 1. The summed E-state index contributed by atoms with van der Waals surface area (Å²) in [6, 6.07) is 0. The molecule has 1 saturated carbocycles. The lowest BCUT2D eigenvalue weighted by Crippen LogP contribution is -2.57. The fraction of sp³-hybridized carbons (Fsp3) is 0.583. The predicted octanol–water partition coefficient (Wildman–Crippen LogP) is 2.84. The van der Waals surface area contributed by atoms with Crippen molar-refractivity contribution in [2.75, 3.05) is 13.7 Å². The van der Waals surface area contributed by atoms with Crippen molar-refractivity contribution in [3.05, 3.63) is 33.8 Å². The summed E-state index contributed by atoms with van der Waals surface area (Å²) in [5.41, 5.74) is -0.0176. The van der Waals surface area contributed by atoms with Crippen LogP contribution in [0.5, 0.6) is 0 Å². The summed E-state index contributed by atoms with van der Waals surface area (Å²) in [5.74, 6) is -1.24. The summed E-state index contributed by atoms with van der Waals surface area (Å²) < 4.78 is 22.8. The Morgan fingerprint density at radius 3 is 2.59 bits per heavy atom. The monoisotopic (exact) mass is 442 g/mol. The molecule has 3 aliphatic carbocycles. The summed E-state index contributed by atoms with van der Waals surface area (Å²) in [5, 5.41) is 0. The third-order valence-corrected chi connectivity index (χ3v) is 7.97. The van der Waals surface area contributed by atoms with Crippen LogP contribution in [0.3, 0.4) is 0 Å². The highest BCUT2D eigenvalue weighted by atomic mass is 16.6. The zero-order chi connectivity index (χ0) is 23.2. The van der Waals surface area contributed by atoms with Crippen molar-refractivity contribution < 1.29 is 37.8 Å². The average Bonchev–Trinajstić information content (AvgIpc) is 3.21. The molecule has 1 aromatic rings. The van der Waals surface area contributed by atoms with Gasteiger partial charge in [0.2, 0.25) is 5.78 Å². The minimum absolute atomic E-state index is 0.0646. The fourth-order valence-electron chi connectivity index (χ4n) is 6.53. The number of fused-ring (bicyclic) bond motifs is 3. The molecule has 5 atom stereocenters. The zero-order valence-corrected chi connectivity index (χ0v) is 18.8. The van der Waals surface area contributed by atoms with Crippen molar-refractivity contribution in [2.24, 2.45) is 11.3 Å². The minimum Gasteiger partial charge on any atom is -0.458 e. The van der Waals surface area contributed by atoms with Crippen molar-refractivity contribution in [2.45, 2.75) is 64.6 Å². The van der Waals surface area contributed by atoms with Gasteiger partial charge in [-0.05, 0) is 25.8 Å². The molecule has 170 valence electrons. The number of furan rings is 1. The van der Waals surface area contributed by atoms with Gasteiger partial charge in [0.05, 0.1) is 12.0 Å². The quantitative estimate of drug-likeness (QED) is 0.658. The molecule has 0 aromatic carbocycles. The molecule has 8 nitrogen and oxygen atoms in total. The van der Waals surface area contributed by atoms with Crippen LogP contribution in [0.25, 0.3) is 0 Å². The highest BCUT2D eigenvalue weighted by Gasteiger charge is 2.64. The van der Waals surface area contributed by atoms with Gasteiger partial charge in [0.1, 0.15) is 29.3 Å². The van der Waals surface area contributed by atoms with Crippen molar-refractivity contribution in [1.29, 1.82) is 0 Å². The molecule has 0 bridgehead atoms. The first-order valence-corrected chi connectivity index (χ1v) is 10.9. The van der Waals surface area contributed by atoms with Crippen LogP contribution in [0.1, 0.15) is 72.3 Å². The molecule has 1 aliphatic heterocycles. The molecule has 1 fully saturated rings. The normalized spacial score (nSPS) is 35.3. The number of esters is 2. The first-order valence-electron chi connectivity index (χ1n) is 10.9. The number of carbonyl (C=O) groups excluding carboxylic acids is 4. The van der Waals surface area contributed by atoms with Gasteiger partial charge in [-0.3, -0.25) is 14.4 Å². The summed E-state index contributed by atoms with van der Waals surface area (Å²) in [4.78, 5) is 51.7. The molecule has 0 radical (unpaired) electrons. The Kier molecular flexibility index (Phi) is 4.38. The Labute approximate surface area is 185 Å². The number of methoxy groups -OCH3 is 1. The molecule has 4 aliphatic rings. The van der Waals surface area contributed by atoms with Gasteiger partial charge in [0.15, 0.2) is 5.76 Å². The predicted molar refractivity (Wildman–Crippen MR) is 109 cm³/mol. The van der Waals surface area contributed by atoms with Crippen molar-refractivity contribution in [3.63, 3.8) is 0 Å². The van der Waals surface area contributed by atoms with Gasteiger partial charge in [0.25, 0.3) is 0 Å². The number of carbonyl (C=O) groups is 4. The SMILES string of the molecule is COC[C@H]1OC(=O)c2c(C)oc3c2[C@@]1(C)C1=C(C3=O)[C@@H]2CCC(=O)[C@@]2(C)C[C@H]1OC(C)=O. The van der Waals surface area contributed by atoms with Gasteiger partial charge in [-0.2, -0.15) is 0 Å². The summed E-state index contributed by atoms with van der Waals surface area (Å²) in [7, 11) is 1.51. The third kappa shape index (κ3) is 2.41. The van der Waals surface area contributed by atoms with E-state index in [1.54, 1.807) is 6.92 Å². The summed E-state index contributed by atoms with van der Waals surface area (Å²) >= 11 is 0. The van der Waals surface area contributed by atoms with E-state index in [2.05, 4.69) is 0 Å². The van der Waals surface area contributed by atoms with Crippen LogP contribution in [0.2, 0.25) is 0 Å². The number of Topliss-reactive ketones (excluding diaryl/α,β-unsaturated/α-hetero) is 2. The molecule has 0 N–H and O–H groups in total. The molecule has 1 aromatic heterocycles. The van der Waals surface area contributed by atoms with E-state index in [1.807, 2.05) is 13.8 Å². The fourth-order valence-corrected chi connectivity index (χ4v) is 6.53. The van der Waals surface area contributed by atoms with E-state index >= 15 is 0 Å². The van der Waals surface area contributed by atoms with Gasteiger partial charge in [-0.15, -0.1) is 0 Å². The smallest absolute Gasteiger partial charge is 0.342 e. The van der Waals surface area contributed by atoms with Gasteiger partial charge in [0, 0.05) is 49.3 Å². The number of rotatable bonds is 3. The summed E-state index contributed by atoms with van der Waals surface area (Å²) in [6.07, 6.45) is -0.361. The van der Waals surface area contributed by atoms with Crippen LogP contribution in [0, 0.1) is 18.3 Å². The van der Waals surface area contributed by atoms with Crippen molar-refractivity contribution in [1.82, 2.24) is 0 Å². The van der Waals surface area contributed by atoms with E-state index in [0.29, 0.717) is 35.3 Å². The molecule has 0 amide bonds. The Hall–Kier alpha value is -2.74. The Bertz CT molecular complexity index is 1120. The highest BCUT2D eigenvalue weighted by molar-refractivity contribution is 6.14. The molecule has 32 heavy (non-hydrogen) atoms. The zero-order valence-electron chi connectivity index (χ0n) is 18.8. The lowest BCUT2D eigenvalue weighted by molar-refractivity contribution is -0.149. The second kappa shape index (κ2) is 6.63. The van der Waals surface area contributed by atoms with E-state index in [9.17, 15) is 19.2 Å². The maximum atomic E-state index is 13.9. The number of ether oxygens (including phenoxy) is 3. The largest absolute Gasteiger partial charge is 0.458 e. The van der Waals surface area contributed by atoms with Crippen molar-refractivity contribution >= 4 is 23.5 Å². The van der Waals surface area contributed by atoms with E-state index in [1.165, 1.54) is 14.0 Å². The Morgan fingerprint density at radius 2 is 1.94 bits per heavy atom. The lowest BCUT2D eigenvalue weighted by atomic mass is 9.54. The van der Waals surface area contributed by atoms with Crippen molar-refractivity contribution in [3.8, 4) is 0 Å². The molecule has 0 spiro atoms. The Morgan fingerprint density at radius 1 is 1.22 bits per heavy atom. The molecule has 5 rings (SSSR count). The average molecular weight is 442 g/mol. The van der Waals surface area contributed by atoms with Gasteiger partial charge in [-0.25, -0.2) is 4.79 Å². The molecular weight excluding hydrogens is 416 g/mol. The number of cyclic esters (lactones) is 1. The summed E-state index contributed by atoms with van der Waals surface area (Å²) in [6.45, 7) is 6.77. The molecular formula is C24H26O8.